The van der Waals surface area contributed by atoms with Crippen molar-refractivity contribution >= 4 is 0 Å². The van der Waals surface area contributed by atoms with Gasteiger partial charge in [-0.15, -0.1) is 0 Å². The number of nitrogens with one attached hydrogen (secondary N) is 1. The summed E-state index contributed by atoms with van der Waals surface area (Å²) in [4.78, 5) is 4.27. The zero-order valence-corrected chi connectivity index (χ0v) is 10.6. The quantitative estimate of drug-likeness (QED) is 0.799. The van der Waals surface area contributed by atoms with Gasteiger partial charge in [-0.25, -0.2) is 4.98 Å². The van der Waals surface area contributed by atoms with E-state index in [-0.39, 0.29) is 0 Å². The maximum atomic E-state index is 4.27. The van der Waals surface area contributed by atoms with Crippen LogP contribution in [0.4, 0.5) is 0 Å². The predicted octanol–water partition coefficient (Wildman–Crippen LogP) is 2.39. The molecule has 1 aromatic rings. The number of aromatic nitrogens is 2. The third-order valence-corrected chi connectivity index (χ3v) is 3.30. The smallest absolute Gasteiger partial charge is 0.0948 e. The van der Waals surface area contributed by atoms with Gasteiger partial charge in [0.15, 0.2) is 0 Å². The summed E-state index contributed by atoms with van der Waals surface area (Å²) >= 11 is 0. The summed E-state index contributed by atoms with van der Waals surface area (Å²) in [6.07, 6.45) is 6.54. The summed E-state index contributed by atoms with van der Waals surface area (Å²) < 4.78 is 2.32. The molecule has 16 heavy (non-hydrogen) atoms. The summed E-state index contributed by atoms with van der Waals surface area (Å²) in [6.45, 7) is 8.89. The van der Waals surface area contributed by atoms with Crippen LogP contribution in [-0.2, 0) is 6.54 Å². The van der Waals surface area contributed by atoms with Gasteiger partial charge < -0.3 is 9.88 Å². The average molecular weight is 221 g/mol. The Hall–Kier alpha value is -0.830. The van der Waals surface area contributed by atoms with Gasteiger partial charge in [-0.3, -0.25) is 0 Å². The lowest BCUT2D eigenvalue weighted by Gasteiger charge is -2.08. The van der Waals surface area contributed by atoms with Crippen molar-refractivity contribution in [2.45, 2.75) is 52.1 Å². The fraction of sp³-hybridized carbons (Fsp3) is 0.769. The first-order valence-electron chi connectivity index (χ1n) is 6.45. The second-order valence-electron chi connectivity index (χ2n) is 5.18. The van der Waals surface area contributed by atoms with Crippen LogP contribution in [0.1, 0.15) is 45.2 Å². The molecule has 3 nitrogen and oxygen atoms in total. The third kappa shape index (κ3) is 2.64. The van der Waals surface area contributed by atoms with E-state index in [0.717, 1.165) is 24.9 Å². The Morgan fingerprint density at radius 2 is 2.38 bits per heavy atom. The number of hydrogen-bond acceptors (Lipinski definition) is 2. The van der Waals surface area contributed by atoms with E-state index in [4.69, 9.17) is 0 Å². The minimum absolute atomic E-state index is 0.599. The van der Waals surface area contributed by atoms with Crippen LogP contribution in [0, 0.1) is 5.92 Å². The van der Waals surface area contributed by atoms with Crippen molar-refractivity contribution in [3.63, 3.8) is 0 Å². The highest BCUT2D eigenvalue weighted by Crippen LogP contribution is 2.46. The molecule has 0 aliphatic heterocycles. The van der Waals surface area contributed by atoms with Gasteiger partial charge >= 0.3 is 0 Å². The van der Waals surface area contributed by atoms with E-state index in [9.17, 15) is 0 Å². The van der Waals surface area contributed by atoms with Crippen molar-refractivity contribution < 1.29 is 0 Å². The van der Waals surface area contributed by atoms with E-state index in [1.807, 2.05) is 6.33 Å². The summed E-state index contributed by atoms with van der Waals surface area (Å²) in [6, 6.07) is 0.599. The van der Waals surface area contributed by atoms with Crippen LogP contribution in [0.2, 0.25) is 0 Å². The molecule has 90 valence electrons. The molecule has 2 unspecified atom stereocenters. The largest absolute Gasteiger partial charge is 0.334 e. The second kappa shape index (κ2) is 5.00. The van der Waals surface area contributed by atoms with Crippen molar-refractivity contribution in [2.24, 2.45) is 5.92 Å². The molecule has 0 spiro atoms. The zero-order chi connectivity index (χ0) is 11.5. The molecule has 1 fully saturated rings. The van der Waals surface area contributed by atoms with Gasteiger partial charge in [0.1, 0.15) is 0 Å². The minimum Gasteiger partial charge on any atom is -0.334 e. The Labute approximate surface area is 98.3 Å². The molecule has 0 amide bonds. The Bertz CT molecular complexity index is 330. The summed E-state index contributed by atoms with van der Waals surface area (Å²) in [5, 5.41) is 3.52. The fourth-order valence-electron chi connectivity index (χ4n) is 2.29. The van der Waals surface area contributed by atoms with Gasteiger partial charge in [0, 0.05) is 30.4 Å². The Kier molecular flexibility index (Phi) is 3.64. The standard InChI is InChI=1S/C13H23N3/c1-4-5-16-9-14-8-13(16)12-6-11(12)7-15-10(2)3/h8-12,15H,4-7H2,1-3H3. The topological polar surface area (TPSA) is 29.9 Å². The lowest BCUT2D eigenvalue weighted by molar-refractivity contribution is 0.548. The molecule has 1 aromatic heterocycles. The van der Waals surface area contributed by atoms with Crippen LogP contribution >= 0.6 is 0 Å². The Morgan fingerprint density at radius 1 is 1.56 bits per heavy atom. The van der Waals surface area contributed by atoms with Crippen LogP contribution in [0.3, 0.4) is 0 Å². The first kappa shape index (κ1) is 11.6. The first-order valence-corrected chi connectivity index (χ1v) is 6.45. The van der Waals surface area contributed by atoms with Gasteiger partial charge in [0.25, 0.3) is 0 Å². The minimum atomic E-state index is 0.599. The normalized spacial score (nSPS) is 24.0. The first-order chi connectivity index (χ1) is 7.72. The molecule has 1 saturated carbocycles. The molecule has 0 aromatic carbocycles. The lowest BCUT2D eigenvalue weighted by Crippen LogP contribution is -2.25. The number of rotatable bonds is 6. The van der Waals surface area contributed by atoms with E-state index in [0.29, 0.717) is 6.04 Å². The van der Waals surface area contributed by atoms with Gasteiger partial charge in [-0.1, -0.05) is 20.8 Å². The molecule has 0 bridgehead atoms. The molecule has 1 heterocycles. The Morgan fingerprint density at radius 3 is 3.06 bits per heavy atom. The van der Waals surface area contributed by atoms with Gasteiger partial charge in [0.05, 0.1) is 6.33 Å². The average Bonchev–Trinajstić information content (AvgIpc) is 2.87. The summed E-state index contributed by atoms with van der Waals surface area (Å²) in [5.74, 6) is 1.58. The van der Waals surface area contributed by atoms with E-state index >= 15 is 0 Å². The molecule has 1 N–H and O–H groups in total. The molecule has 2 rings (SSSR count). The molecule has 0 radical (unpaired) electrons. The maximum Gasteiger partial charge on any atom is 0.0948 e. The van der Waals surface area contributed by atoms with E-state index in [1.54, 1.807) is 0 Å². The van der Waals surface area contributed by atoms with Crippen LogP contribution in [0.25, 0.3) is 0 Å². The third-order valence-electron chi connectivity index (χ3n) is 3.30. The van der Waals surface area contributed by atoms with Crippen LogP contribution < -0.4 is 5.32 Å². The van der Waals surface area contributed by atoms with Crippen molar-refractivity contribution in [1.82, 2.24) is 14.9 Å². The fourth-order valence-corrected chi connectivity index (χ4v) is 2.29. The highest BCUT2D eigenvalue weighted by Gasteiger charge is 2.39. The number of nitrogens with zero attached hydrogens (tertiary/aromatic N) is 2. The SMILES string of the molecule is CCCn1cncc1C1CC1CNC(C)C. The molecule has 1 aliphatic carbocycles. The molecule has 1 aliphatic rings. The number of hydrogen-bond donors (Lipinski definition) is 1. The van der Waals surface area contributed by atoms with Crippen molar-refractivity contribution in [3.8, 4) is 0 Å². The predicted molar refractivity (Wildman–Crippen MR) is 66.5 cm³/mol. The second-order valence-corrected chi connectivity index (χ2v) is 5.18. The van der Waals surface area contributed by atoms with Crippen molar-refractivity contribution in [1.29, 1.82) is 0 Å². The van der Waals surface area contributed by atoms with Gasteiger partial charge in [-0.2, -0.15) is 0 Å². The molecule has 3 heteroatoms. The Balaban J connectivity index is 1.87. The maximum absolute atomic E-state index is 4.27. The van der Waals surface area contributed by atoms with Gasteiger partial charge in [0.2, 0.25) is 0 Å². The van der Waals surface area contributed by atoms with Crippen molar-refractivity contribution in [3.05, 3.63) is 18.2 Å². The van der Waals surface area contributed by atoms with Crippen LogP contribution in [-0.4, -0.2) is 22.1 Å². The summed E-state index contributed by atoms with van der Waals surface area (Å²) in [5.41, 5.74) is 1.44. The molecular formula is C13H23N3. The zero-order valence-electron chi connectivity index (χ0n) is 10.6. The highest BCUT2D eigenvalue weighted by atomic mass is 15.1. The molecular weight excluding hydrogens is 198 g/mol. The molecule has 2 atom stereocenters. The number of imidazole rings is 1. The van der Waals surface area contributed by atoms with Gasteiger partial charge in [-0.05, 0) is 25.3 Å². The van der Waals surface area contributed by atoms with E-state index in [2.05, 4.69) is 41.8 Å². The van der Waals surface area contributed by atoms with Crippen molar-refractivity contribution in [2.75, 3.05) is 6.54 Å². The lowest BCUT2D eigenvalue weighted by atomic mass is 10.2. The summed E-state index contributed by atoms with van der Waals surface area (Å²) in [7, 11) is 0. The van der Waals surface area contributed by atoms with Crippen LogP contribution in [0.5, 0.6) is 0 Å². The molecule has 0 saturated heterocycles. The van der Waals surface area contributed by atoms with Crippen LogP contribution in [0.15, 0.2) is 12.5 Å². The van der Waals surface area contributed by atoms with E-state index in [1.165, 1.54) is 18.5 Å². The highest BCUT2D eigenvalue weighted by molar-refractivity contribution is 5.17. The number of aryl methyl sites for hydroxylation is 1. The van der Waals surface area contributed by atoms with E-state index < -0.39 is 0 Å². The monoisotopic (exact) mass is 221 g/mol.